The van der Waals surface area contributed by atoms with Crippen LogP contribution in [-0.4, -0.2) is 21.6 Å². The predicted molar refractivity (Wildman–Crippen MR) is 110 cm³/mol. The van der Waals surface area contributed by atoms with Gasteiger partial charge in [-0.3, -0.25) is 9.59 Å². The molecule has 0 radical (unpaired) electrons. The number of nitrogens with one attached hydrogen (secondary N) is 1. The van der Waals surface area contributed by atoms with Crippen molar-refractivity contribution in [2.75, 3.05) is 5.32 Å². The van der Waals surface area contributed by atoms with Gasteiger partial charge in [0, 0.05) is 22.3 Å². The number of nitrogens with two attached hydrogens (primary N) is 1. The molecule has 0 aliphatic rings. The Morgan fingerprint density at radius 1 is 1.13 bits per heavy atom. The fourth-order valence-electron chi connectivity index (χ4n) is 3.08. The van der Waals surface area contributed by atoms with E-state index in [0.717, 1.165) is 23.0 Å². The van der Waals surface area contributed by atoms with Crippen LogP contribution in [0, 0.1) is 32.4 Å². The number of hydrogen-bond acceptors (Lipinski definition) is 3. The van der Waals surface area contributed by atoms with E-state index in [1.54, 1.807) is 24.6 Å². The van der Waals surface area contributed by atoms with Gasteiger partial charge < -0.3 is 11.1 Å². The summed E-state index contributed by atoms with van der Waals surface area (Å²) in [6, 6.07) is 6.89. The number of hydrogen-bond donors (Lipinski definition) is 2. The van der Waals surface area contributed by atoms with Gasteiger partial charge in [0.1, 0.15) is 11.6 Å². The summed E-state index contributed by atoms with van der Waals surface area (Å²) in [6.45, 7) is 5.45. The first-order valence-electron chi connectivity index (χ1n) is 8.98. The highest BCUT2D eigenvalue weighted by atomic mass is 35.5. The predicted octanol–water partition coefficient (Wildman–Crippen LogP) is 4.01. The lowest BCUT2D eigenvalue weighted by Crippen LogP contribution is -2.19. The minimum absolute atomic E-state index is 0.0972. The van der Waals surface area contributed by atoms with Crippen molar-refractivity contribution in [3.63, 3.8) is 0 Å². The third kappa shape index (κ3) is 4.18. The van der Waals surface area contributed by atoms with Gasteiger partial charge in [-0.15, -0.1) is 0 Å². The molecule has 6 nitrogen and oxygen atoms in total. The Morgan fingerprint density at radius 3 is 2.47 bits per heavy atom. The highest BCUT2D eigenvalue weighted by Gasteiger charge is 2.19. The van der Waals surface area contributed by atoms with Gasteiger partial charge in [0.25, 0.3) is 5.91 Å². The van der Waals surface area contributed by atoms with E-state index in [-0.39, 0.29) is 12.1 Å². The molecule has 1 aromatic heterocycles. The molecule has 0 saturated heterocycles. The monoisotopic (exact) mass is 432 g/mol. The second-order valence-electron chi connectivity index (χ2n) is 6.90. The molecule has 0 fully saturated rings. The smallest absolute Gasteiger partial charge is 0.251 e. The molecule has 3 N–H and O–H groups in total. The first-order valence-corrected chi connectivity index (χ1v) is 9.36. The Labute approximate surface area is 176 Å². The molecule has 30 heavy (non-hydrogen) atoms. The second-order valence-corrected chi connectivity index (χ2v) is 7.30. The lowest BCUT2D eigenvalue weighted by atomic mass is 10.1. The molecule has 0 bridgehead atoms. The number of aromatic nitrogens is 2. The van der Waals surface area contributed by atoms with Crippen molar-refractivity contribution >= 4 is 29.1 Å². The molecule has 0 unspecified atom stereocenters. The molecule has 0 spiro atoms. The van der Waals surface area contributed by atoms with Crippen molar-refractivity contribution in [3.8, 4) is 5.69 Å². The maximum atomic E-state index is 14.0. The summed E-state index contributed by atoms with van der Waals surface area (Å²) >= 11 is 6.20. The van der Waals surface area contributed by atoms with E-state index in [4.69, 9.17) is 17.3 Å². The zero-order chi connectivity index (χ0) is 22.2. The molecular formula is C21H19ClF2N4O2. The fourth-order valence-corrected chi connectivity index (χ4v) is 3.26. The average molecular weight is 433 g/mol. The Kier molecular flexibility index (Phi) is 5.89. The van der Waals surface area contributed by atoms with E-state index < -0.39 is 29.0 Å². The van der Waals surface area contributed by atoms with Gasteiger partial charge in [0.05, 0.1) is 29.1 Å². The van der Waals surface area contributed by atoms with Crippen LogP contribution in [0.15, 0.2) is 30.3 Å². The number of rotatable bonds is 5. The van der Waals surface area contributed by atoms with Crippen molar-refractivity contribution in [1.29, 1.82) is 0 Å². The van der Waals surface area contributed by atoms with E-state index in [9.17, 15) is 18.4 Å². The number of carbonyl (C=O) groups excluding carboxylic acids is 2. The summed E-state index contributed by atoms with van der Waals surface area (Å²) in [6.07, 6.45) is -0.0972. The van der Waals surface area contributed by atoms with Crippen LogP contribution < -0.4 is 11.1 Å². The first-order chi connectivity index (χ1) is 14.1. The molecule has 2 aromatic carbocycles. The van der Waals surface area contributed by atoms with Gasteiger partial charge in [-0.2, -0.15) is 5.10 Å². The highest BCUT2D eigenvalue weighted by Crippen LogP contribution is 2.24. The molecule has 0 atom stereocenters. The van der Waals surface area contributed by atoms with Crippen LogP contribution in [0.3, 0.4) is 0 Å². The molecule has 156 valence electrons. The van der Waals surface area contributed by atoms with E-state index in [1.165, 1.54) is 0 Å². The minimum atomic E-state index is -1.09. The minimum Gasteiger partial charge on any atom is -0.366 e. The highest BCUT2D eigenvalue weighted by molar-refractivity contribution is 6.31. The van der Waals surface area contributed by atoms with Crippen LogP contribution in [0.5, 0.6) is 0 Å². The van der Waals surface area contributed by atoms with E-state index in [2.05, 4.69) is 10.4 Å². The largest absolute Gasteiger partial charge is 0.366 e. The summed E-state index contributed by atoms with van der Waals surface area (Å²) in [5.74, 6) is -3.72. The summed E-state index contributed by atoms with van der Waals surface area (Å²) in [4.78, 5) is 23.8. The van der Waals surface area contributed by atoms with Gasteiger partial charge in [-0.05, 0) is 44.5 Å². The zero-order valence-corrected chi connectivity index (χ0v) is 17.3. The Morgan fingerprint density at radius 2 is 1.83 bits per heavy atom. The molecule has 3 rings (SSSR count). The average Bonchev–Trinajstić information content (AvgIpc) is 2.94. The van der Waals surface area contributed by atoms with Crippen LogP contribution in [0.25, 0.3) is 5.69 Å². The van der Waals surface area contributed by atoms with Crippen LogP contribution in [0.1, 0.15) is 32.9 Å². The zero-order valence-electron chi connectivity index (χ0n) is 16.5. The maximum absolute atomic E-state index is 14.0. The van der Waals surface area contributed by atoms with Gasteiger partial charge in [0.15, 0.2) is 0 Å². The topological polar surface area (TPSA) is 90.0 Å². The lowest BCUT2D eigenvalue weighted by molar-refractivity contribution is -0.115. The van der Waals surface area contributed by atoms with E-state index in [0.29, 0.717) is 22.3 Å². The standard InChI is InChI=1S/C21H19ClF2N4O2/c1-10-4-5-13(6-16(10)22)28-12(3)14(11(2)27-28)8-20(29)26-19-7-15(21(25)30)17(23)9-18(19)24/h4-7,9H,8H2,1-3H3,(H2,25,30)(H,26,29). The number of amides is 2. The number of halogens is 3. The van der Waals surface area contributed by atoms with Crippen molar-refractivity contribution in [2.45, 2.75) is 27.2 Å². The maximum Gasteiger partial charge on any atom is 0.251 e. The molecule has 9 heteroatoms. The number of carbonyl (C=O) groups is 2. The van der Waals surface area contributed by atoms with Gasteiger partial charge in [-0.25, -0.2) is 13.5 Å². The summed E-state index contributed by atoms with van der Waals surface area (Å²) in [5.41, 5.74) is 7.90. The van der Waals surface area contributed by atoms with Crippen molar-refractivity contribution in [3.05, 3.63) is 75.1 Å². The summed E-state index contributed by atoms with van der Waals surface area (Å²) in [5, 5.41) is 7.42. The lowest BCUT2D eigenvalue weighted by Gasteiger charge is -2.10. The molecule has 0 aliphatic heterocycles. The molecule has 2 amide bonds. The van der Waals surface area contributed by atoms with Crippen LogP contribution >= 0.6 is 11.6 Å². The molecule has 0 saturated carbocycles. The van der Waals surface area contributed by atoms with E-state index in [1.807, 2.05) is 19.1 Å². The number of benzene rings is 2. The van der Waals surface area contributed by atoms with Crippen molar-refractivity contribution in [2.24, 2.45) is 5.73 Å². The SMILES string of the molecule is Cc1ccc(-n2nc(C)c(CC(=O)Nc3cc(C(N)=O)c(F)cc3F)c2C)cc1Cl. The summed E-state index contributed by atoms with van der Waals surface area (Å²) in [7, 11) is 0. The van der Waals surface area contributed by atoms with Crippen molar-refractivity contribution in [1.82, 2.24) is 9.78 Å². The second kappa shape index (κ2) is 8.23. The molecule has 0 aliphatic carbocycles. The number of aryl methyl sites for hydroxylation is 2. The third-order valence-electron chi connectivity index (χ3n) is 4.77. The van der Waals surface area contributed by atoms with Gasteiger partial charge in [0.2, 0.25) is 5.91 Å². The number of anilines is 1. The Bertz CT molecular complexity index is 1170. The Balaban J connectivity index is 1.86. The number of nitrogens with zero attached hydrogens (tertiary/aromatic N) is 2. The van der Waals surface area contributed by atoms with Crippen molar-refractivity contribution < 1.29 is 18.4 Å². The van der Waals surface area contributed by atoms with Crippen LogP contribution in [0.2, 0.25) is 5.02 Å². The first kappa shape index (κ1) is 21.4. The normalized spacial score (nSPS) is 10.9. The molecule has 3 aromatic rings. The molecular weight excluding hydrogens is 414 g/mol. The quantitative estimate of drug-likeness (QED) is 0.638. The van der Waals surface area contributed by atoms with E-state index >= 15 is 0 Å². The molecule has 1 heterocycles. The third-order valence-corrected chi connectivity index (χ3v) is 5.18. The van der Waals surface area contributed by atoms with Crippen LogP contribution in [0.4, 0.5) is 14.5 Å². The fraction of sp³-hybridized carbons (Fsp3) is 0.190. The summed E-state index contributed by atoms with van der Waals surface area (Å²) < 4.78 is 29.3. The number of primary amides is 1. The Hall–Kier alpha value is -3.26. The van der Waals surface area contributed by atoms with Gasteiger partial charge in [-0.1, -0.05) is 17.7 Å². The van der Waals surface area contributed by atoms with Crippen LogP contribution in [-0.2, 0) is 11.2 Å². The van der Waals surface area contributed by atoms with Gasteiger partial charge >= 0.3 is 0 Å².